The molecule has 18 heteroatoms. The Kier molecular flexibility index (Phi) is 17.9. The Hall–Kier alpha value is -4.58. The van der Waals surface area contributed by atoms with Crippen LogP contribution >= 0.6 is 0 Å². The summed E-state index contributed by atoms with van der Waals surface area (Å²) < 4.78 is 182. The van der Waals surface area contributed by atoms with Gasteiger partial charge < -0.3 is 18.7 Å². The predicted octanol–water partition coefficient (Wildman–Crippen LogP) is 13.8. The van der Waals surface area contributed by atoms with Gasteiger partial charge in [-0.1, -0.05) is 45.6 Å². The third-order valence-corrected chi connectivity index (χ3v) is 10.0. The molecule has 4 rings (SSSR count). The topological polar surface area (TPSA) is 36.9 Å². The molecule has 0 saturated carbocycles. The van der Waals surface area contributed by atoms with Crippen molar-refractivity contribution in [2.75, 3.05) is 26.7 Å². The quantitative estimate of drug-likeness (QED) is 0.0328. The molecule has 4 aromatic carbocycles. The number of benzene rings is 4. The molecule has 0 spiro atoms. The molecule has 0 aromatic heterocycles. The second-order valence-electron chi connectivity index (χ2n) is 14.2. The number of rotatable bonds is 18. The number of methoxy groups -OCH3 is 1. The highest BCUT2D eigenvalue weighted by atomic mass is 19.4. The Morgan fingerprint density at radius 3 is 1.20 bits per heavy atom. The fourth-order valence-electron chi connectivity index (χ4n) is 6.51. The molecule has 0 bridgehead atoms. The summed E-state index contributed by atoms with van der Waals surface area (Å²) >= 11 is 0. The summed E-state index contributed by atoms with van der Waals surface area (Å²) in [6.07, 6.45) is -13.6. The minimum absolute atomic E-state index is 0.0140. The number of hydrogen-bond donors (Lipinski definition) is 0. The Labute approximate surface area is 348 Å². The van der Waals surface area contributed by atoms with E-state index in [2.05, 4.69) is 6.07 Å². The Bertz CT molecular complexity index is 1820. The van der Waals surface area contributed by atoms with Gasteiger partial charge in [-0.15, -0.1) is 0 Å². The third kappa shape index (κ3) is 14.2. The molecule has 1 atom stereocenters. The second-order valence-corrected chi connectivity index (χ2v) is 14.2. The average molecular weight is 882 g/mol. The van der Waals surface area contributed by atoms with Gasteiger partial charge in [-0.25, -0.2) is 0 Å². The normalized spacial score (nSPS) is 13.5. The number of nitrogens with zero attached hydrogens (tertiary/aromatic N) is 1. The molecule has 4 aromatic rings. The first-order chi connectivity index (χ1) is 28.4. The number of ether oxygens (including phenoxy) is 1. The fraction of sp³-hybridized carbons (Fsp3) is 0.442. The molecule has 0 N–H and O–H groups in total. The molecule has 0 amide bonds. The lowest BCUT2D eigenvalue weighted by Gasteiger charge is -2.51. The summed E-state index contributed by atoms with van der Waals surface area (Å²) in [6, 6.07) is 16.7. The zero-order valence-corrected chi connectivity index (χ0v) is 34.2. The van der Waals surface area contributed by atoms with E-state index < -0.39 is 60.0 Å². The van der Waals surface area contributed by atoms with E-state index in [1.807, 2.05) is 20.8 Å². The largest absolute Gasteiger partial charge is 0.864 e. The van der Waals surface area contributed by atoms with Crippen molar-refractivity contribution in [3.05, 3.63) is 125 Å². The van der Waals surface area contributed by atoms with Gasteiger partial charge in [-0.2, -0.15) is 83.0 Å². The summed E-state index contributed by atoms with van der Waals surface area (Å²) in [5.74, 6) is -0.508. The van der Waals surface area contributed by atoms with Crippen LogP contribution in [0.1, 0.15) is 94.0 Å². The molecule has 0 saturated heterocycles. The maximum atomic E-state index is 14.3. The van der Waals surface area contributed by atoms with Gasteiger partial charge in [-0.05, 0) is 86.0 Å². The van der Waals surface area contributed by atoms with Gasteiger partial charge in [0.1, 0.15) is 17.2 Å². The molecule has 0 aliphatic rings. The van der Waals surface area contributed by atoms with Crippen LogP contribution in [0.2, 0.25) is 0 Å². The summed E-state index contributed by atoms with van der Waals surface area (Å²) in [7, 11) is -0.477. The van der Waals surface area contributed by atoms with Crippen LogP contribution in [-0.4, -0.2) is 38.5 Å². The lowest BCUT2D eigenvalue weighted by Crippen LogP contribution is -2.63. The van der Waals surface area contributed by atoms with Gasteiger partial charge in [0.15, 0.2) is 0 Å². The molecule has 0 aliphatic carbocycles. The maximum Gasteiger partial charge on any atom is 0.864 e. The van der Waals surface area contributed by atoms with Gasteiger partial charge in [0.2, 0.25) is 5.72 Å². The highest BCUT2D eigenvalue weighted by Gasteiger charge is 2.51. The zero-order valence-electron chi connectivity index (χ0n) is 34.2. The molecule has 0 fully saturated rings. The van der Waals surface area contributed by atoms with Crippen LogP contribution in [0.15, 0.2) is 91.0 Å². The van der Waals surface area contributed by atoms with Crippen molar-refractivity contribution in [2.24, 2.45) is 0 Å². The number of unbranched alkanes of at least 4 members (excludes halogenated alkanes) is 3. The smallest absolute Gasteiger partial charge is 0.490 e. The fourth-order valence-corrected chi connectivity index (χ4v) is 6.51. The Balaban J connectivity index is 0.000000866. The van der Waals surface area contributed by atoms with E-state index in [1.165, 1.54) is 19.2 Å². The number of hydrogen-bond acceptors (Lipinski definition) is 4. The van der Waals surface area contributed by atoms with Crippen LogP contribution in [0.5, 0.6) is 17.2 Å². The first kappa shape index (κ1) is 50.8. The van der Waals surface area contributed by atoms with Crippen molar-refractivity contribution in [1.82, 2.24) is 0 Å². The molecule has 0 aliphatic heterocycles. The van der Waals surface area contributed by atoms with Crippen molar-refractivity contribution in [3.8, 4) is 17.2 Å². The van der Waals surface area contributed by atoms with Crippen molar-refractivity contribution in [2.45, 2.75) is 96.7 Å². The second kappa shape index (κ2) is 21.5. The highest BCUT2D eigenvalue weighted by molar-refractivity contribution is 6.39. The maximum absolute atomic E-state index is 14.3. The van der Waals surface area contributed by atoms with Gasteiger partial charge in [0, 0.05) is 14.0 Å². The molecular weight excluding hydrogens is 833 g/mol. The van der Waals surface area contributed by atoms with Crippen molar-refractivity contribution in [3.63, 3.8) is 0 Å². The van der Waals surface area contributed by atoms with E-state index in [-0.39, 0.29) is 27.3 Å². The first-order valence-electron chi connectivity index (χ1n) is 19.4. The van der Waals surface area contributed by atoms with E-state index >= 15 is 0 Å². The Morgan fingerprint density at radius 1 is 0.508 bits per heavy atom. The lowest BCUT2D eigenvalue weighted by molar-refractivity contribution is -1.01. The van der Waals surface area contributed by atoms with Crippen LogP contribution in [-0.2, 0) is 35.2 Å². The first-order valence-corrected chi connectivity index (χ1v) is 19.4. The SMILES string of the molecule is CCCC[N+](CCCC)(CCCC)C(C)(OC)c1cc(C(F)(F)F)ccc1OB(Oc1ccc(C(F)(F)F)cc1)Oc1ccc(C(F)(F)F)cc1.FC(F)(F)c1cc[c-]cc1. The van der Waals surface area contributed by atoms with E-state index in [0.29, 0.717) is 19.6 Å². The number of quaternary nitrogens is 1. The average Bonchev–Trinajstić information content (AvgIpc) is 3.20. The molecule has 1 unspecified atom stereocenters. The summed E-state index contributed by atoms with van der Waals surface area (Å²) in [5.41, 5.74) is -4.97. The monoisotopic (exact) mass is 881 g/mol. The molecule has 336 valence electrons. The summed E-state index contributed by atoms with van der Waals surface area (Å²) in [4.78, 5) is 0. The van der Waals surface area contributed by atoms with Crippen LogP contribution in [0.25, 0.3) is 0 Å². The van der Waals surface area contributed by atoms with Crippen molar-refractivity contribution >= 4 is 7.32 Å². The van der Waals surface area contributed by atoms with Crippen molar-refractivity contribution in [1.29, 1.82) is 0 Å². The van der Waals surface area contributed by atoms with Gasteiger partial charge in [0.25, 0.3) is 0 Å². The van der Waals surface area contributed by atoms with Gasteiger partial charge in [0.05, 0.1) is 41.9 Å². The van der Waals surface area contributed by atoms with Gasteiger partial charge in [-0.3, -0.25) is 4.48 Å². The van der Waals surface area contributed by atoms with E-state index in [0.717, 1.165) is 117 Å². The van der Waals surface area contributed by atoms with E-state index in [4.69, 9.17) is 18.7 Å². The van der Waals surface area contributed by atoms with E-state index in [9.17, 15) is 52.7 Å². The minimum Gasteiger partial charge on any atom is -0.490 e. The minimum atomic E-state index is -4.75. The number of alkyl halides is 12. The predicted molar refractivity (Wildman–Crippen MR) is 206 cm³/mol. The van der Waals surface area contributed by atoms with Crippen LogP contribution in [0.4, 0.5) is 52.7 Å². The standard InChI is InChI=1S/C36H44BF9NO4.C7H4F3/c1-6-9-22-47(23-10-7-2,24-11-8-3)33(4,48-5)31-25-28(36(44,45)46)16-21-32(31)51-37(49-29-17-12-26(13-18-29)34(38,39)40)50-30-19-14-27(15-20-30)35(41,42)43;8-7(9,10)6-4-2-1-3-5-6/h12-21,25H,6-11,22-24H2,1-5H3;2-5H/q+1;-1. The molecule has 5 nitrogen and oxygen atoms in total. The summed E-state index contributed by atoms with van der Waals surface area (Å²) in [5, 5.41) is 0. The molecule has 0 radical (unpaired) electrons. The Morgan fingerprint density at radius 2 is 0.869 bits per heavy atom. The molecular formula is C43H48BF12NO4. The van der Waals surface area contributed by atoms with Crippen LogP contribution in [0, 0.1) is 6.07 Å². The summed E-state index contributed by atoms with van der Waals surface area (Å²) in [6.45, 7) is 9.47. The highest BCUT2D eigenvalue weighted by Crippen LogP contribution is 2.45. The lowest BCUT2D eigenvalue weighted by atomic mass is 9.93. The van der Waals surface area contributed by atoms with E-state index in [1.54, 1.807) is 6.92 Å². The zero-order chi connectivity index (χ0) is 45.7. The molecule has 61 heavy (non-hydrogen) atoms. The number of halogens is 12. The third-order valence-electron chi connectivity index (χ3n) is 10.0. The van der Waals surface area contributed by atoms with Crippen LogP contribution < -0.4 is 14.0 Å². The van der Waals surface area contributed by atoms with Gasteiger partial charge >= 0.3 is 32.0 Å². The van der Waals surface area contributed by atoms with Crippen LogP contribution in [0.3, 0.4) is 0 Å². The molecule has 0 heterocycles. The van der Waals surface area contributed by atoms with Crippen molar-refractivity contribution < 1.29 is 75.9 Å².